The average Bonchev–Trinajstić information content (AvgIpc) is 2.90. The van der Waals surface area contributed by atoms with Gasteiger partial charge in [0, 0.05) is 17.8 Å². The maximum atomic E-state index is 12.4. The van der Waals surface area contributed by atoms with Crippen molar-refractivity contribution in [3.05, 3.63) is 21.4 Å². The average molecular weight is 297 g/mol. The molecular weight excluding hydrogens is 282 g/mol. The van der Waals surface area contributed by atoms with E-state index in [4.69, 9.17) is 14.6 Å². The zero-order valence-corrected chi connectivity index (χ0v) is 11.6. The van der Waals surface area contributed by atoms with Crippen LogP contribution >= 0.6 is 11.3 Å². The Kier molecular flexibility index (Phi) is 3.73. The van der Waals surface area contributed by atoms with E-state index in [0.717, 1.165) is 12.0 Å². The van der Waals surface area contributed by atoms with Crippen molar-refractivity contribution < 1.29 is 24.2 Å². The predicted molar refractivity (Wildman–Crippen MR) is 71.0 cm³/mol. The first-order chi connectivity index (χ1) is 9.65. The number of fused-ring (bicyclic) bond motifs is 1. The number of carbonyl (C=O) groups is 2. The molecule has 0 spiro atoms. The van der Waals surface area contributed by atoms with E-state index >= 15 is 0 Å². The third-order valence-electron chi connectivity index (χ3n) is 3.47. The van der Waals surface area contributed by atoms with Crippen molar-refractivity contribution in [2.45, 2.75) is 19.1 Å². The minimum Gasteiger partial charge on any atom is -0.479 e. The number of hydrogen-bond donors (Lipinski definition) is 1. The Balaban J connectivity index is 1.75. The third-order valence-corrected chi connectivity index (χ3v) is 4.69. The van der Waals surface area contributed by atoms with Crippen LogP contribution in [0, 0.1) is 0 Å². The lowest BCUT2D eigenvalue weighted by atomic mass is 10.2. The summed E-state index contributed by atoms with van der Waals surface area (Å²) in [4.78, 5) is 26.8. The summed E-state index contributed by atoms with van der Waals surface area (Å²) in [6.07, 6.45) is -0.0839. The van der Waals surface area contributed by atoms with Crippen LogP contribution in [0.2, 0.25) is 0 Å². The molecule has 108 valence electrons. The van der Waals surface area contributed by atoms with Crippen LogP contribution in [0.4, 0.5) is 0 Å². The molecule has 6 nitrogen and oxygen atoms in total. The molecule has 0 saturated carbocycles. The zero-order valence-electron chi connectivity index (χ0n) is 10.8. The lowest BCUT2D eigenvalue weighted by molar-refractivity contribution is -0.154. The SMILES string of the molecule is O=C(O)[C@@H]1CN(C(=O)c2cc3c(s2)CCOC3)CCO1. The number of rotatable bonds is 2. The van der Waals surface area contributed by atoms with Crippen LogP contribution in [-0.4, -0.2) is 54.3 Å². The van der Waals surface area contributed by atoms with Crippen LogP contribution < -0.4 is 0 Å². The van der Waals surface area contributed by atoms with Gasteiger partial charge in [-0.1, -0.05) is 0 Å². The molecule has 0 radical (unpaired) electrons. The molecule has 1 N–H and O–H groups in total. The maximum Gasteiger partial charge on any atom is 0.334 e. The van der Waals surface area contributed by atoms with E-state index in [2.05, 4.69) is 0 Å². The van der Waals surface area contributed by atoms with Crippen molar-refractivity contribution in [1.29, 1.82) is 0 Å². The Hall–Kier alpha value is -1.44. The van der Waals surface area contributed by atoms with Gasteiger partial charge in [-0.2, -0.15) is 0 Å². The lowest BCUT2D eigenvalue weighted by Gasteiger charge is -2.30. The highest BCUT2D eigenvalue weighted by atomic mass is 32.1. The number of carbonyl (C=O) groups excluding carboxylic acids is 1. The van der Waals surface area contributed by atoms with E-state index in [0.29, 0.717) is 24.6 Å². The fourth-order valence-corrected chi connectivity index (χ4v) is 3.51. The molecule has 0 bridgehead atoms. The van der Waals surface area contributed by atoms with Crippen LogP contribution in [0.3, 0.4) is 0 Å². The number of carboxylic acids is 1. The summed E-state index contributed by atoms with van der Waals surface area (Å²) in [5.74, 6) is -1.14. The van der Waals surface area contributed by atoms with Crippen molar-refractivity contribution >= 4 is 23.2 Å². The first-order valence-corrected chi connectivity index (χ1v) is 7.30. The van der Waals surface area contributed by atoms with Gasteiger partial charge in [0.1, 0.15) is 0 Å². The lowest BCUT2D eigenvalue weighted by Crippen LogP contribution is -2.48. The fraction of sp³-hybridized carbons (Fsp3) is 0.538. The molecule has 1 fully saturated rings. The molecule has 1 amide bonds. The van der Waals surface area contributed by atoms with Crippen LogP contribution in [0.5, 0.6) is 0 Å². The summed E-state index contributed by atoms with van der Waals surface area (Å²) in [6.45, 7) is 2.05. The monoisotopic (exact) mass is 297 g/mol. The highest BCUT2D eigenvalue weighted by molar-refractivity contribution is 7.14. The second-order valence-corrected chi connectivity index (χ2v) is 5.95. The number of carboxylic acid groups (broad SMARTS) is 1. The van der Waals surface area contributed by atoms with Crippen molar-refractivity contribution in [2.75, 3.05) is 26.3 Å². The second-order valence-electron chi connectivity index (χ2n) is 4.81. The van der Waals surface area contributed by atoms with Gasteiger partial charge in [-0.25, -0.2) is 4.79 Å². The Bertz CT molecular complexity index is 517. The fourth-order valence-electron chi connectivity index (χ4n) is 2.39. The van der Waals surface area contributed by atoms with E-state index < -0.39 is 12.1 Å². The minimum atomic E-state index is -1.03. The Morgan fingerprint density at radius 1 is 1.40 bits per heavy atom. The summed E-state index contributed by atoms with van der Waals surface area (Å²) in [7, 11) is 0. The molecule has 1 saturated heterocycles. The van der Waals surface area contributed by atoms with Gasteiger partial charge in [0.25, 0.3) is 5.91 Å². The Morgan fingerprint density at radius 3 is 3.00 bits per heavy atom. The molecule has 20 heavy (non-hydrogen) atoms. The topological polar surface area (TPSA) is 76.1 Å². The number of nitrogens with zero attached hydrogens (tertiary/aromatic N) is 1. The molecule has 0 unspecified atom stereocenters. The normalized spacial score (nSPS) is 22.4. The number of amides is 1. The molecule has 7 heteroatoms. The summed E-state index contributed by atoms with van der Waals surface area (Å²) in [5, 5.41) is 8.96. The molecule has 1 atom stereocenters. The van der Waals surface area contributed by atoms with Gasteiger partial charge in [0.05, 0.1) is 31.2 Å². The van der Waals surface area contributed by atoms with Crippen molar-refractivity contribution in [2.24, 2.45) is 0 Å². The van der Waals surface area contributed by atoms with E-state index in [9.17, 15) is 9.59 Å². The molecule has 2 aliphatic rings. The van der Waals surface area contributed by atoms with Gasteiger partial charge < -0.3 is 19.5 Å². The molecule has 0 aliphatic carbocycles. The van der Waals surface area contributed by atoms with Crippen molar-refractivity contribution in [3.8, 4) is 0 Å². The van der Waals surface area contributed by atoms with Gasteiger partial charge >= 0.3 is 5.97 Å². The zero-order chi connectivity index (χ0) is 14.1. The first kappa shape index (κ1) is 13.5. The quantitative estimate of drug-likeness (QED) is 0.871. The number of aliphatic carboxylic acids is 1. The van der Waals surface area contributed by atoms with Crippen molar-refractivity contribution in [1.82, 2.24) is 4.90 Å². The van der Waals surface area contributed by atoms with E-state index in [1.54, 1.807) is 4.90 Å². The maximum absolute atomic E-state index is 12.4. The minimum absolute atomic E-state index is 0.104. The molecule has 2 aliphatic heterocycles. The number of thiophene rings is 1. The van der Waals surface area contributed by atoms with Gasteiger partial charge in [0.15, 0.2) is 6.10 Å². The van der Waals surface area contributed by atoms with Crippen molar-refractivity contribution in [3.63, 3.8) is 0 Å². The molecule has 3 heterocycles. The van der Waals surface area contributed by atoms with Gasteiger partial charge in [0.2, 0.25) is 0 Å². The largest absolute Gasteiger partial charge is 0.479 e. The predicted octanol–water partition coefficient (Wildman–Crippen LogP) is 0.746. The molecule has 3 rings (SSSR count). The summed E-state index contributed by atoms with van der Waals surface area (Å²) in [6, 6.07) is 1.87. The van der Waals surface area contributed by atoms with Gasteiger partial charge in [-0.05, 0) is 11.6 Å². The molecule has 1 aromatic heterocycles. The van der Waals surface area contributed by atoms with E-state index in [-0.39, 0.29) is 19.1 Å². The highest BCUT2D eigenvalue weighted by Gasteiger charge is 2.30. The molecule has 0 aromatic carbocycles. The molecule has 1 aromatic rings. The van der Waals surface area contributed by atoms with Crippen LogP contribution in [0.25, 0.3) is 0 Å². The standard InChI is InChI=1S/C13H15NO5S/c15-12(14-2-4-19-9(6-14)13(16)17)11-5-8-7-18-3-1-10(8)20-11/h5,9H,1-4,6-7H2,(H,16,17)/t9-/m0/s1. The second kappa shape index (κ2) is 5.51. The Morgan fingerprint density at radius 2 is 2.25 bits per heavy atom. The Labute approximate surface area is 119 Å². The third kappa shape index (κ3) is 2.56. The summed E-state index contributed by atoms with van der Waals surface area (Å²) >= 11 is 1.49. The smallest absolute Gasteiger partial charge is 0.334 e. The first-order valence-electron chi connectivity index (χ1n) is 6.48. The number of hydrogen-bond acceptors (Lipinski definition) is 5. The van der Waals surface area contributed by atoms with Gasteiger partial charge in [-0.3, -0.25) is 4.79 Å². The summed E-state index contributed by atoms with van der Waals surface area (Å²) in [5.41, 5.74) is 1.08. The highest BCUT2D eigenvalue weighted by Crippen LogP contribution is 2.28. The van der Waals surface area contributed by atoms with E-state index in [1.807, 2.05) is 6.07 Å². The van der Waals surface area contributed by atoms with E-state index in [1.165, 1.54) is 16.2 Å². The van der Waals surface area contributed by atoms with Crippen LogP contribution in [0.15, 0.2) is 6.07 Å². The number of morpholine rings is 1. The number of ether oxygens (including phenoxy) is 2. The summed E-state index contributed by atoms with van der Waals surface area (Å²) < 4.78 is 10.5. The van der Waals surface area contributed by atoms with Crippen LogP contribution in [0.1, 0.15) is 20.1 Å². The van der Waals surface area contributed by atoms with Gasteiger partial charge in [-0.15, -0.1) is 11.3 Å². The van der Waals surface area contributed by atoms with Crippen LogP contribution in [-0.2, 0) is 27.3 Å². The molecular formula is C13H15NO5S.